The number of likely N-dealkylation sites (N-methyl/N-ethyl adjacent to an activating group) is 1. The molecule has 1 N–H and O–H groups in total. The molecule has 0 radical (unpaired) electrons. The number of halogens is 1. The first-order valence-electron chi connectivity index (χ1n) is 11.3. The van der Waals surface area contributed by atoms with Crippen LogP contribution < -0.4 is 19.5 Å². The number of benzene rings is 2. The van der Waals surface area contributed by atoms with Gasteiger partial charge in [-0.25, -0.2) is 9.97 Å². The van der Waals surface area contributed by atoms with Crippen molar-refractivity contribution in [3.63, 3.8) is 0 Å². The van der Waals surface area contributed by atoms with Crippen LogP contribution in [-0.2, 0) is 6.54 Å². The van der Waals surface area contributed by atoms with Crippen LogP contribution in [-0.4, -0.2) is 66.6 Å². The maximum absolute atomic E-state index is 6.15. The third-order valence-corrected chi connectivity index (χ3v) is 5.82. The predicted octanol–water partition coefficient (Wildman–Crippen LogP) is 4.99. The number of ether oxygens (including phenoxy) is 3. The van der Waals surface area contributed by atoms with Crippen molar-refractivity contribution in [3.8, 4) is 39.8 Å². The molecule has 0 saturated heterocycles. The van der Waals surface area contributed by atoms with E-state index in [-0.39, 0.29) is 0 Å². The highest BCUT2D eigenvalue weighted by molar-refractivity contribution is 6.30. The Morgan fingerprint density at radius 1 is 0.972 bits per heavy atom. The minimum Gasteiger partial charge on any atom is -0.493 e. The Balaban J connectivity index is 1.72. The van der Waals surface area contributed by atoms with E-state index >= 15 is 0 Å². The fourth-order valence-corrected chi connectivity index (χ4v) is 3.93. The van der Waals surface area contributed by atoms with Crippen LogP contribution in [0.5, 0.6) is 17.2 Å². The summed E-state index contributed by atoms with van der Waals surface area (Å²) in [5.74, 6) is 1.99. The lowest BCUT2D eigenvalue weighted by molar-refractivity contribution is 0.324. The molecular weight excluding hydrogens is 480 g/mol. The molecule has 4 rings (SSSR count). The second kappa shape index (κ2) is 11.3. The zero-order chi connectivity index (χ0) is 25.7. The Hall–Kier alpha value is -3.82. The summed E-state index contributed by atoms with van der Waals surface area (Å²) >= 11 is 6.15. The first-order valence-corrected chi connectivity index (χ1v) is 11.7. The molecule has 0 saturated carbocycles. The van der Waals surface area contributed by atoms with E-state index in [0.29, 0.717) is 33.9 Å². The van der Waals surface area contributed by atoms with Crippen LogP contribution in [0.4, 0.5) is 11.6 Å². The molecular formula is C26H29ClN6O3. The third-order valence-electron chi connectivity index (χ3n) is 5.57. The van der Waals surface area contributed by atoms with Crippen LogP contribution in [0.3, 0.4) is 0 Å². The molecule has 4 aromatic rings. The molecule has 0 bridgehead atoms. The molecule has 36 heavy (non-hydrogen) atoms. The number of nitrogens with zero attached hydrogens (tertiary/aromatic N) is 5. The molecule has 10 heteroatoms. The van der Waals surface area contributed by atoms with Crippen LogP contribution in [0.15, 0.2) is 54.9 Å². The van der Waals surface area contributed by atoms with Gasteiger partial charge in [0.1, 0.15) is 0 Å². The van der Waals surface area contributed by atoms with Crippen molar-refractivity contribution in [3.05, 3.63) is 59.9 Å². The van der Waals surface area contributed by atoms with Crippen molar-refractivity contribution in [1.29, 1.82) is 0 Å². The molecule has 2 heterocycles. The van der Waals surface area contributed by atoms with Crippen molar-refractivity contribution in [2.45, 2.75) is 6.54 Å². The largest absolute Gasteiger partial charge is 0.493 e. The van der Waals surface area contributed by atoms with Gasteiger partial charge in [-0.05, 0) is 32.3 Å². The maximum atomic E-state index is 6.15. The van der Waals surface area contributed by atoms with Gasteiger partial charge in [0.15, 0.2) is 11.5 Å². The minimum atomic E-state index is 0.421. The Kier molecular flexibility index (Phi) is 7.92. The van der Waals surface area contributed by atoms with Crippen molar-refractivity contribution in [2.24, 2.45) is 0 Å². The molecule has 188 valence electrons. The molecule has 0 atom stereocenters. The summed E-state index contributed by atoms with van der Waals surface area (Å²) in [6.45, 7) is 1.58. The summed E-state index contributed by atoms with van der Waals surface area (Å²) in [7, 11) is 8.79. The zero-order valence-corrected chi connectivity index (χ0v) is 21.7. The number of methoxy groups -OCH3 is 3. The lowest BCUT2D eigenvalue weighted by Crippen LogP contribution is -2.19. The highest BCUT2D eigenvalue weighted by Crippen LogP contribution is 2.40. The van der Waals surface area contributed by atoms with Crippen molar-refractivity contribution >= 4 is 23.2 Å². The average Bonchev–Trinajstić information content (AvgIpc) is 3.31. The number of nitrogens with one attached hydrogen (secondary N) is 1. The summed E-state index contributed by atoms with van der Waals surface area (Å²) in [6, 6.07) is 13.2. The van der Waals surface area contributed by atoms with Crippen molar-refractivity contribution in [2.75, 3.05) is 47.3 Å². The zero-order valence-electron chi connectivity index (χ0n) is 20.9. The number of hydrogen-bond donors (Lipinski definition) is 1. The fraction of sp³-hybridized carbons (Fsp3) is 0.269. The summed E-state index contributed by atoms with van der Waals surface area (Å²) in [6.07, 6.45) is 3.55. The number of hydrogen-bond acceptors (Lipinski definition) is 8. The van der Waals surface area contributed by atoms with Gasteiger partial charge in [0.2, 0.25) is 11.7 Å². The summed E-state index contributed by atoms with van der Waals surface area (Å²) in [4.78, 5) is 11.3. The second-order valence-electron chi connectivity index (χ2n) is 8.24. The molecule has 0 unspecified atom stereocenters. The van der Waals surface area contributed by atoms with Gasteiger partial charge in [-0.2, -0.15) is 5.10 Å². The summed E-state index contributed by atoms with van der Waals surface area (Å²) < 4.78 is 18.3. The van der Waals surface area contributed by atoms with Gasteiger partial charge < -0.3 is 24.4 Å². The van der Waals surface area contributed by atoms with E-state index in [0.717, 1.165) is 35.6 Å². The lowest BCUT2D eigenvalue weighted by Gasteiger charge is -2.15. The molecule has 0 amide bonds. The second-order valence-corrected chi connectivity index (χ2v) is 8.68. The predicted molar refractivity (Wildman–Crippen MR) is 142 cm³/mol. The first kappa shape index (κ1) is 25.3. The van der Waals surface area contributed by atoms with E-state index in [4.69, 9.17) is 30.8 Å². The van der Waals surface area contributed by atoms with Gasteiger partial charge in [-0.3, -0.25) is 4.68 Å². The number of anilines is 2. The average molecular weight is 509 g/mol. The molecule has 0 aliphatic heterocycles. The minimum absolute atomic E-state index is 0.421. The van der Waals surface area contributed by atoms with Gasteiger partial charge in [-0.15, -0.1) is 0 Å². The quantitative estimate of drug-likeness (QED) is 0.320. The smallest absolute Gasteiger partial charge is 0.227 e. The monoisotopic (exact) mass is 508 g/mol. The lowest BCUT2D eigenvalue weighted by atomic mass is 10.1. The van der Waals surface area contributed by atoms with Gasteiger partial charge in [0.25, 0.3) is 0 Å². The van der Waals surface area contributed by atoms with Gasteiger partial charge >= 0.3 is 0 Å². The SMILES string of the molecule is COc1cc(Nc2nccc(-c3cnn(CCN(C)C)c3-c3ccc(Cl)cc3)n2)cc(OC)c1OC. The molecule has 2 aromatic carbocycles. The van der Waals surface area contributed by atoms with Crippen LogP contribution in [0.25, 0.3) is 22.5 Å². The van der Waals surface area contributed by atoms with E-state index in [9.17, 15) is 0 Å². The maximum Gasteiger partial charge on any atom is 0.227 e. The van der Waals surface area contributed by atoms with Crippen LogP contribution in [0, 0.1) is 0 Å². The molecule has 0 spiro atoms. The fourth-order valence-electron chi connectivity index (χ4n) is 3.80. The highest BCUT2D eigenvalue weighted by atomic mass is 35.5. The molecule has 0 aliphatic carbocycles. The Morgan fingerprint density at radius 3 is 2.28 bits per heavy atom. The van der Waals surface area contributed by atoms with E-state index in [1.807, 2.05) is 55.3 Å². The van der Waals surface area contributed by atoms with Crippen LogP contribution in [0.1, 0.15) is 0 Å². The number of rotatable bonds is 10. The van der Waals surface area contributed by atoms with Gasteiger partial charge in [0.05, 0.1) is 45.5 Å². The van der Waals surface area contributed by atoms with Crippen molar-refractivity contribution < 1.29 is 14.2 Å². The highest BCUT2D eigenvalue weighted by Gasteiger charge is 2.18. The van der Waals surface area contributed by atoms with E-state index < -0.39 is 0 Å². The topological polar surface area (TPSA) is 86.6 Å². The van der Waals surface area contributed by atoms with Crippen LogP contribution >= 0.6 is 11.6 Å². The first-order chi connectivity index (χ1) is 17.4. The van der Waals surface area contributed by atoms with Crippen LogP contribution in [0.2, 0.25) is 5.02 Å². The van der Waals surface area contributed by atoms with E-state index in [2.05, 4.69) is 20.3 Å². The standard InChI is InChI=1S/C26H29ClN6O3/c1-32(2)12-13-33-24(17-6-8-18(27)9-7-17)20(16-29-33)21-10-11-28-26(31-21)30-19-14-22(34-3)25(36-5)23(15-19)35-4/h6-11,14-16H,12-13H2,1-5H3,(H,28,30,31). The van der Waals surface area contributed by atoms with Crippen molar-refractivity contribution in [1.82, 2.24) is 24.6 Å². The Bertz CT molecular complexity index is 1300. The van der Waals surface area contributed by atoms with E-state index in [1.54, 1.807) is 39.7 Å². The Labute approximate surface area is 215 Å². The summed E-state index contributed by atoms with van der Waals surface area (Å²) in [5.41, 5.74) is 4.29. The molecule has 2 aromatic heterocycles. The molecule has 9 nitrogen and oxygen atoms in total. The summed E-state index contributed by atoms with van der Waals surface area (Å²) in [5, 5.41) is 8.59. The normalized spacial score (nSPS) is 11.0. The molecule has 0 aliphatic rings. The molecule has 0 fully saturated rings. The number of aromatic nitrogens is 4. The third kappa shape index (κ3) is 5.53. The Morgan fingerprint density at radius 2 is 1.67 bits per heavy atom. The van der Waals surface area contributed by atoms with Gasteiger partial charge in [0, 0.05) is 46.7 Å². The van der Waals surface area contributed by atoms with Gasteiger partial charge in [-0.1, -0.05) is 23.7 Å². The van der Waals surface area contributed by atoms with E-state index in [1.165, 1.54) is 0 Å².